The Bertz CT molecular complexity index is 182. The summed E-state index contributed by atoms with van der Waals surface area (Å²) in [5.74, 6) is 1.15. The van der Waals surface area contributed by atoms with Gasteiger partial charge in [-0.2, -0.15) is 11.8 Å². The number of hydrogen-bond donors (Lipinski definition) is 0. The molecule has 84 valence electrons. The molecule has 3 heteroatoms. The molecule has 0 heterocycles. The Balaban J connectivity index is 3.61. The Morgan fingerprint density at radius 1 is 1.36 bits per heavy atom. The maximum absolute atomic E-state index is 6.04. The third kappa shape index (κ3) is 10.4. The van der Waals surface area contributed by atoms with Crippen LogP contribution in [0, 0.1) is 0 Å². The van der Waals surface area contributed by atoms with Gasteiger partial charge in [-0.3, -0.25) is 0 Å². The molecular weight excluding hydrogens is 214 g/mol. The Kier molecular flexibility index (Phi) is 6.92. The molecule has 0 spiro atoms. The molecule has 1 nitrogen and oxygen atoms in total. The highest BCUT2D eigenvalue weighted by molar-refractivity contribution is 8.00. The first-order valence-corrected chi connectivity index (χ1v) is 6.31. The van der Waals surface area contributed by atoms with E-state index in [0.717, 1.165) is 23.8 Å². The van der Waals surface area contributed by atoms with Gasteiger partial charge < -0.3 is 4.90 Å². The van der Waals surface area contributed by atoms with Crippen molar-refractivity contribution in [3.63, 3.8) is 0 Å². The van der Waals surface area contributed by atoms with Crippen LogP contribution < -0.4 is 0 Å². The minimum absolute atomic E-state index is 0.363. The van der Waals surface area contributed by atoms with Gasteiger partial charge in [0.25, 0.3) is 0 Å². The molecule has 0 aliphatic rings. The summed E-state index contributed by atoms with van der Waals surface area (Å²) in [5.41, 5.74) is 0. The average molecular weight is 236 g/mol. The zero-order valence-corrected chi connectivity index (χ0v) is 11.5. The third-order valence-corrected chi connectivity index (χ3v) is 3.07. The van der Waals surface area contributed by atoms with Crippen LogP contribution in [0.15, 0.2) is 11.1 Å². The number of nitrogens with zero attached hydrogens (tertiary/aromatic N) is 1. The summed E-state index contributed by atoms with van der Waals surface area (Å²) in [7, 11) is 4.06. The first-order valence-electron chi connectivity index (χ1n) is 4.94. The quantitative estimate of drug-likeness (QED) is 0.670. The van der Waals surface area contributed by atoms with E-state index in [9.17, 15) is 0 Å². The highest BCUT2D eigenvalue weighted by Gasteiger charge is 2.08. The molecule has 0 saturated carbocycles. The molecule has 0 amide bonds. The van der Waals surface area contributed by atoms with Crippen LogP contribution in [0.4, 0.5) is 0 Å². The highest BCUT2D eigenvalue weighted by Crippen LogP contribution is 2.24. The Morgan fingerprint density at radius 2 is 1.93 bits per heavy atom. The minimum Gasteiger partial charge on any atom is -0.304 e. The van der Waals surface area contributed by atoms with Gasteiger partial charge in [0.2, 0.25) is 0 Å². The van der Waals surface area contributed by atoms with Crippen LogP contribution in [0.1, 0.15) is 27.2 Å². The van der Waals surface area contributed by atoms with Crippen molar-refractivity contribution in [1.82, 2.24) is 4.90 Å². The summed E-state index contributed by atoms with van der Waals surface area (Å²) in [6.45, 7) is 7.57. The van der Waals surface area contributed by atoms with Crippen molar-refractivity contribution < 1.29 is 0 Å². The maximum atomic E-state index is 6.04. The number of hydrogen-bond acceptors (Lipinski definition) is 2. The van der Waals surface area contributed by atoms with Crippen LogP contribution >= 0.6 is 23.4 Å². The van der Waals surface area contributed by atoms with Gasteiger partial charge in [-0.1, -0.05) is 38.4 Å². The molecule has 14 heavy (non-hydrogen) atoms. The molecule has 0 fully saturated rings. The second kappa shape index (κ2) is 6.76. The van der Waals surface area contributed by atoms with Gasteiger partial charge >= 0.3 is 0 Å². The van der Waals surface area contributed by atoms with E-state index in [1.54, 1.807) is 0 Å². The number of allylic oxidation sites excluding steroid dienone is 1. The van der Waals surface area contributed by atoms with Gasteiger partial charge in [-0.05, 0) is 26.3 Å². The van der Waals surface area contributed by atoms with E-state index in [1.807, 2.05) is 25.9 Å². The fraction of sp³-hybridized carbons (Fsp3) is 0.818. The largest absolute Gasteiger partial charge is 0.304 e. The smallest absolute Gasteiger partial charge is 0.0332 e. The summed E-state index contributed by atoms with van der Waals surface area (Å²) in [4.78, 5) is 2.08. The standard InChI is InChI=1S/C11H22ClNS/c1-11(2,3)14-8-6-7-10(12)9-13(4)5/h7H,6,8-9H2,1-5H3/b10-7-. The monoisotopic (exact) mass is 235 g/mol. The molecule has 0 aliphatic carbocycles. The zero-order valence-electron chi connectivity index (χ0n) is 9.93. The molecule has 0 N–H and O–H groups in total. The van der Waals surface area contributed by atoms with Gasteiger partial charge in [0.05, 0.1) is 0 Å². The molecule has 0 unspecified atom stereocenters. The normalized spacial score (nSPS) is 13.8. The predicted octanol–water partition coefficient (Wildman–Crippen LogP) is 3.59. The molecule has 0 radical (unpaired) electrons. The summed E-state index contributed by atoms with van der Waals surface area (Å²) < 4.78 is 0.363. The van der Waals surface area contributed by atoms with Crippen molar-refractivity contribution in [3.05, 3.63) is 11.1 Å². The lowest BCUT2D eigenvalue weighted by Crippen LogP contribution is -2.13. The van der Waals surface area contributed by atoms with Gasteiger partial charge in [0, 0.05) is 16.3 Å². The van der Waals surface area contributed by atoms with Crippen LogP contribution in [0.3, 0.4) is 0 Å². The molecule has 0 aliphatic heterocycles. The van der Waals surface area contributed by atoms with Crippen molar-refractivity contribution in [2.24, 2.45) is 0 Å². The summed E-state index contributed by atoms with van der Waals surface area (Å²) in [6.07, 6.45) is 3.19. The van der Waals surface area contributed by atoms with Crippen molar-refractivity contribution in [2.45, 2.75) is 31.9 Å². The lowest BCUT2D eigenvalue weighted by Gasteiger charge is -2.16. The van der Waals surface area contributed by atoms with E-state index < -0.39 is 0 Å². The number of thioether (sulfide) groups is 1. The molecule has 0 aromatic heterocycles. The predicted molar refractivity (Wildman–Crippen MR) is 69.3 cm³/mol. The zero-order chi connectivity index (χ0) is 11.2. The highest BCUT2D eigenvalue weighted by atomic mass is 35.5. The lowest BCUT2D eigenvalue weighted by atomic mass is 10.3. The van der Waals surface area contributed by atoms with E-state index in [4.69, 9.17) is 11.6 Å². The van der Waals surface area contributed by atoms with E-state index in [1.165, 1.54) is 0 Å². The topological polar surface area (TPSA) is 3.24 Å². The van der Waals surface area contributed by atoms with Crippen molar-refractivity contribution >= 4 is 23.4 Å². The SMILES string of the molecule is CN(C)C/C(Cl)=C/CCSC(C)(C)C. The number of likely N-dealkylation sites (N-methyl/N-ethyl adjacent to an activating group) is 1. The van der Waals surface area contributed by atoms with Crippen LogP contribution in [-0.4, -0.2) is 36.0 Å². The fourth-order valence-corrected chi connectivity index (χ4v) is 2.14. The Hall–Kier alpha value is 0.340. The van der Waals surface area contributed by atoms with E-state index >= 15 is 0 Å². The van der Waals surface area contributed by atoms with Crippen molar-refractivity contribution in [2.75, 3.05) is 26.4 Å². The summed E-state index contributed by atoms with van der Waals surface area (Å²) >= 11 is 8.01. The van der Waals surface area contributed by atoms with E-state index in [0.29, 0.717) is 4.75 Å². The molecule has 0 saturated heterocycles. The third-order valence-electron chi connectivity index (χ3n) is 1.49. The van der Waals surface area contributed by atoms with Gasteiger partial charge in [-0.15, -0.1) is 0 Å². The van der Waals surface area contributed by atoms with E-state index in [-0.39, 0.29) is 0 Å². The Labute approximate surface area is 97.9 Å². The van der Waals surface area contributed by atoms with Crippen LogP contribution in [-0.2, 0) is 0 Å². The molecule has 0 rings (SSSR count). The minimum atomic E-state index is 0.363. The van der Waals surface area contributed by atoms with Crippen molar-refractivity contribution in [1.29, 1.82) is 0 Å². The second-order valence-electron chi connectivity index (χ2n) is 4.64. The second-order valence-corrected chi connectivity index (χ2v) is 7.05. The fourth-order valence-electron chi connectivity index (χ4n) is 0.947. The molecular formula is C11H22ClNS. The number of halogens is 1. The first kappa shape index (κ1) is 14.3. The van der Waals surface area contributed by atoms with Gasteiger partial charge in [0.15, 0.2) is 0 Å². The molecule has 0 atom stereocenters. The van der Waals surface area contributed by atoms with E-state index in [2.05, 4.69) is 31.7 Å². The summed E-state index contributed by atoms with van der Waals surface area (Å²) in [5, 5.41) is 0.949. The molecule has 0 aromatic carbocycles. The Morgan fingerprint density at radius 3 is 2.36 bits per heavy atom. The molecule has 0 aromatic rings. The van der Waals surface area contributed by atoms with Gasteiger partial charge in [-0.25, -0.2) is 0 Å². The van der Waals surface area contributed by atoms with Crippen LogP contribution in [0.25, 0.3) is 0 Å². The average Bonchev–Trinajstić information content (AvgIpc) is 1.95. The first-order chi connectivity index (χ1) is 6.31. The van der Waals surface area contributed by atoms with Gasteiger partial charge in [0.1, 0.15) is 0 Å². The maximum Gasteiger partial charge on any atom is 0.0332 e. The number of rotatable bonds is 5. The van der Waals surface area contributed by atoms with Crippen LogP contribution in [0.2, 0.25) is 0 Å². The lowest BCUT2D eigenvalue weighted by molar-refractivity contribution is 0.452. The van der Waals surface area contributed by atoms with Crippen LogP contribution in [0.5, 0.6) is 0 Å². The molecule has 0 bridgehead atoms. The summed E-state index contributed by atoms with van der Waals surface area (Å²) in [6, 6.07) is 0. The van der Waals surface area contributed by atoms with Crippen molar-refractivity contribution in [3.8, 4) is 0 Å².